The second kappa shape index (κ2) is 44.6. The molecule has 6 aromatic carbocycles. The Hall–Kier alpha value is -12.8. The van der Waals surface area contributed by atoms with Gasteiger partial charge in [-0.2, -0.15) is 51.3 Å². The van der Waals surface area contributed by atoms with Gasteiger partial charge in [0.15, 0.2) is 0 Å². The molecule has 5 amide bonds. The number of hydrogen-bond acceptors (Lipinski definition) is 26. The third-order valence-electron chi connectivity index (χ3n) is 28.0. The first kappa shape index (κ1) is 101. The number of aromatic nitrogens is 10. The molecule has 0 spiro atoms. The number of aryl methyl sites for hydroxylation is 3. The number of rotatable bonds is 25. The highest BCUT2D eigenvalue weighted by Crippen LogP contribution is 2.62. The van der Waals surface area contributed by atoms with E-state index in [0.29, 0.717) is 85.5 Å². The summed E-state index contributed by atoms with van der Waals surface area (Å²) in [7, 11) is 0. The SMILES string of the molecule is C[C@H](CN1CC2CCCC21)NC(=O)c1ccc(-c2noc(C(F)(F)F)n2)cc1.C[C@H](C[NH+]1CC2CCCC2C1)NC(=O)c1ccc(-c2noc(C(F)(F)F)n2)cc1.Cc1nc(-c2ccc(C(=O)N[C@H](C)CN3CC4C(C3)C4(C)C)cc2)no1.Cc1nc(-c2ccc(C(=O)N[C@H](C)CN3CC4CCC4C3)cc2)no1.Cc1nc(-c2ccc(C(=O)N[C@H](C)CN3CCc4ccccc4C3)cc2)no1.O=C[O-]. The minimum atomic E-state index is -4.68. The van der Waals surface area contributed by atoms with E-state index < -0.39 is 30.6 Å². The summed E-state index contributed by atoms with van der Waals surface area (Å²) >= 11 is 0. The van der Waals surface area contributed by atoms with Crippen LogP contribution in [0.3, 0.4) is 0 Å². The molecule has 8 unspecified atom stereocenters. The molecule has 5 aromatic heterocycles. The fourth-order valence-corrected chi connectivity index (χ4v) is 20.7. The summed E-state index contributed by atoms with van der Waals surface area (Å²) in [5, 5.41) is 41.9. The van der Waals surface area contributed by atoms with Crippen LogP contribution in [0.25, 0.3) is 56.9 Å². The summed E-state index contributed by atoms with van der Waals surface area (Å²) in [5.74, 6) is 5.52. The first-order valence-corrected chi connectivity index (χ1v) is 47.7. The Morgan fingerprint density at radius 3 is 1.09 bits per heavy atom. The highest BCUT2D eigenvalue weighted by atomic mass is 19.4. The van der Waals surface area contributed by atoms with Gasteiger partial charge in [-0.25, -0.2) is 0 Å². The van der Waals surface area contributed by atoms with E-state index in [4.69, 9.17) is 23.5 Å². The average molecular weight is 1920 g/mol. The molecular weight excluding hydrogens is 1800 g/mol. The standard InChI is InChI=1S/C22H24N4O2.C20H23F3N4O2.C20H26N4O2.C19H21F3N4O2.C19H24N4O2.CH2O2/c1-15(13-26-12-11-17-5-3-4-6-20(17)14-26)23-22(27)19-9-7-18(8-10-19)21-24-16(2)28-25-21;1-12(9-27-10-15-3-2-4-16(15)11-27)24-18(28)14-7-5-13(6-8-14)17-25-19(29-26-17)20(21,22)23;1-12(9-24-10-16-17(11-24)20(16,3)4)21-19(25)15-7-5-14(6-8-15)18-22-13(2)26-23-18;1-11(9-26-10-14-3-2-4-15(14)26)23-17(27)13-7-5-12(6-8-13)16-24-18(28-25-16)19(20,21)22;1-12(9-23-10-16-7-8-17(16)11-23)20-19(24)15-5-3-14(4-6-15)18-21-13(2)25-22-18;2-1-3/h3-10,15H,11-14H2,1-2H3,(H,23,27);5-8,12,15-16H,2-4,9-11H2,1H3,(H,24,28);5-8,12,16-17H,9-11H2,1-4H3,(H,21,25);5-8,11,14-15H,2-4,9-10H2,1H3,(H,23,27);3-6,12,16-17H,7-11H2,1-2H3,(H,20,24);1H,(H,2,3)/t15-;12-,15?,16?;12-,16?,17?;11-,14?,15?;12-,16?,17?;/m11111./s1. The minimum absolute atomic E-state index is 0.0141. The maximum Gasteiger partial charge on any atom is 0.471 e. The predicted octanol–water partition coefficient (Wildman–Crippen LogP) is 12.4. The first-order chi connectivity index (χ1) is 66.5. The van der Waals surface area contributed by atoms with Crippen LogP contribution in [0, 0.1) is 67.6 Å². The summed E-state index contributed by atoms with van der Waals surface area (Å²) in [4.78, 5) is 101. The van der Waals surface area contributed by atoms with Crippen molar-refractivity contribution in [3.63, 3.8) is 0 Å². The number of carbonyl (C=O) groups is 6. The van der Waals surface area contributed by atoms with Gasteiger partial charge in [0, 0.05) is 197 Å². The van der Waals surface area contributed by atoms with Crippen molar-refractivity contribution < 1.29 is 87.7 Å². The number of hydrogen-bond donors (Lipinski definition) is 6. The molecule has 139 heavy (non-hydrogen) atoms. The minimum Gasteiger partial charge on any atom is -0.554 e. The molecule has 4 saturated heterocycles. The second-order valence-electron chi connectivity index (χ2n) is 39.0. The van der Waals surface area contributed by atoms with Crippen LogP contribution in [-0.2, 0) is 30.1 Å². The smallest absolute Gasteiger partial charge is 0.471 e. The zero-order chi connectivity index (χ0) is 98.6. The van der Waals surface area contributed by atoms with Crippen molar-refractivity contribution in [1.29, 1.82) is 0 Å². The molecule has 20 rings (SSSR count). The molecule has 32 nitrogen and oxygen atoms in total. The summed E-state index contributed by atoms with van der Waals surface area (Å²) in [6.45, 7) is 34.3. The zero-order valence-electron chi connectivity index (χ0n) is 79.6. The molecule has 9 aliphatic rings. The Kier molecular flexibility index (Phi) is 32.3. The van der Waals surface area contributed by atoms with Gasteiger partial charge in [-0.1, -0.05) is 137 Å². The lowest BCUT2D eigenvalue weighted by Crippen LogP contribution is -3.12. The lowest BCUT2D eigenvalue weighted by Gasteiger charge is -2.45. The van der Waals surface area contributed by atoms with Crippen molar-refractivity contribution in [3.05, 3.63) is 214 Å². The fraction of sp³-hybridized carbons (Fsp3) is 0.485. The van der Waals surface area contributed by atoms with Crippen LogP contribution in [0.2, 0.25) is 0 Å². The van der Waals surface area contributed by atoms with E-state index in [0.717, 1.165) is 130 Å². The summed E-state index contributed by atoms with van der Waals surface area (Å²) in [5.41, 5.74) is 9.34. The third kappa shape index (κ3) is 26.2. The highest BCUT2D eigenvalue weighted by molar-refractivity contribution is 5.97. The second-order valence-corrected chi connectivity index (χ2v) is 39.0. The first-order valence-electron chi connectivity index (χ1n) is 47.7. The molecule has 13 atom stereocenters. The van der Waals surface area contributed by atoms with E-state index in [-0.39, 0.29) is 71.4 Å². The zero-order valence-corrected chi connectivity index (χ0v) is 79.6. The number of carbonyl (C=O) groups excluding carboxylic acids is 6. The number of alkyl halides is 6. The number of carboxylic acid groups (broad SMARTS) is 1. The molecule has 8 fully saturated rings. The number of quaternary nitrogens is 1. The number of fused-ring (bicyclic) bond motifs is 5. The van der Waals surface area contributed by atoms with Crippen LogP contribution in [0.5, 0.6) is 0 Å². The van der Waals surface area contributed by atoms with Gasteiger partial charge < -0.3 is 73.8 Å². The quantitative estimate of drug-likeness (QED) is 0.0229. The largest absolute Gasteiger partial charge is 0.554 e. The van der Waals surface area contributed by atoms with E-state index in [2.05, 4.69) is 165 Å². The molecule has 4 aliphatic carbocycles. The van der Waals surface area contributed by atoms with Gasteiger partial charge in [-0.3, -0.25) is 33.8 Å². The molecule has 0 bridgehead atoms. The lowest BCUT2D eigenvalue weighted by molar-refractivity contribution is -0.891. The lowest BCUT2D eigenvalue weighted by atomic mass is 9.77. The average Bonchev–Trinajstić information content (AvgIpc) is 1.55. The molecule has 10 heterocycles. The number of halogens is 6. The van der Waals surface area contributed by atoms with Gasteiger partial charge in [0.25, 0.3) is 29.5 Å². The number of likely N-dealkylation sites (tertiary alicyclic amines) is 4. The maximum absolute atomic E-state index is 12.6. The van der Waals surface area contributed by atoms with Crippen LogP contribution in [0.15, 0.2) is 168 Å². The number of amides is 5. The molecule has 6 N–H and O–H groups in total. The summed E-state index contributed by atoms with van der Waals surface area (Å²) in [6, 6.07) is 43.7. The normalized spacial score (nSPS) is 21.9. The van der Waals surface area contributed by atoms with Crippen molar-refractivity contribution >= 4 is 36.0 Å². The molecule has 738 valence electrons. The van der Waals surface area contributed by atoms with Crippen molar-refractivity contribution in [2.45, 2.75) is 182 Å². The van der Waals surface area contributed by atoms with E-state index in [1.807, 2.05) is 50.2 Å². The van der Waals surface area contributed by atoms with Crippen LogP contribution < -0.4 is 36.6 Å². The van der Waals surface area contributed by atoms with E-state index in [1.54, 1.807) is 74.2 Å². The topological polar surface area (TPSA) is 398 Å². The van der Waals surface area contributed by atoms with Gasteiger partial charge in [-0.05, 0) is 186 Å². The van der Waals surface area contributed by atoms with Crippen molar-refractivity contribution in [2.75, 3.05) is 85.1 Å². The summed E-state index contributed by atoms with van der Waals surface area (Å²) < 4.78 is 98.8. The number of piperidine rings is 1. The molecule has 4 saturated carbocycles. The van der Waals surface area contributed by atoms with Crippen LogP contribution in [0.4, 0.5) is 26.3 Å². The molecule has 11 aromatic rings. The molecular formula is C101H120F6N20O12. The van der Waals surface area contributed by atoms with Crippen LogP contribution in [-0.4, -0.2) is 228 Å². The predicted molar refractivity (Wildman–Crippen MR) is 498 cm³/mol. The Balaban J connectivity index is 0.000000131. The fourth-order valence-electron chi connectivity index (χ4n) is 20.7. The molecule has 0 radical (unpaired) electrons. The Labute approximate surface area is 801 Å². The number of nitrogens with zero attached hydrogens (tertiary/aromatic N) is 14. The van der Waals surface area contributed by atoms with Gasteiger partial charge in [-0.15, -0.1) is 0 Å². The van der Waals surface area contributed by atoms with Gasteiger partial charge >= 0.3 is 24.1 Å². The van der Waals surface area contributed by atoms with Crippen LogP contribution in [0.1, 0.15) is 192 Å². The number of benzene rings is 6. The summed E-state index contributed by atoms with van der Waals surface area (Å²) in [6.07, 6.45) is 2.36. The van der Waals surface area contributed by atoms with Gasteiger partial charge in [0.2, 0.25) is 46.8 Å². The number of nitrogens with one attached hydrogen (secondary N) is 6. The highest BCUT2D eigenvalue weighted by Gasteiger charge is 2.62. The molecule has 5 aliphatic heterocycles. The third-order valence-corrected chi connectivity index (χ3v) is 28.0. The van der Waals surface area contributed by atoms with Crippen molar-refractivity contribution in [1.82, 2.24) is 96.9 Å². The Morgan fingerprint density at radius 1 is 0.417 bits per heavy atom. The van der Waals surface area contributed by atoms with Crippen LogP contribution >= 0.6 is 0 Å². The van der Waals surface area contributed by atoms with Gasteiger partial charge in [0.1, 0.15) is 0 Å². The Bertz CT molecular complexity index is 5930. The Morgan fingerprint density at radius 2 is 0.741 bits per heavy atom. The van der Waals surface area contributed by atoms with Gasteiger partial charge in [0.05, 0.1) is 25.7 Å². The van der Waals surface area contributed by atoms with Crippen molar-refractivity contribution in [3.8, 4) is 56.9 Å². The van der Waals surface area contributed by atoms with E-state index in [1.165, 1.54) is 125 Å². The van der Waals surface area contributed by atoms with E-state index >= 15 is 0 Å². The maximum atomic E-state index is 12.6. The molecule has 38 heteroatoms. The van der Waals surface area contributed by atoms with E-state index in [9.17, 15) is 50.3 Å². The monoisotopic (exact) mass is 1920 g/mol. The van der Waals surface area contributed by atoms with Crippen molar-refractivity contribution in [2.24, 2.45) is 46.8 Å².